The van der Waals surface area contributed by atoms with Crippen LogP contribution in [0, 0.1) is 26.2 Å². The van der Waals surface area contributed by atoms with E-state index in [9.17, 15) is 4.79 Å². The van der Waals surface area contributed by atoms with E-state index in [0.29, 0.717) is 0 Å². The van der Waals surface area contributed by atoms with Gasteiger partial charge < -0.3 is 5.32 Å². The first-order valence-corrected chi connectivity index (χ1v) is 4.89. The van der Waals surface area contributed by atoms with Crippen molar-refractivity contribution in [3.8, 4) is 12.3 Å². The molecule has 0 saturated heterocycles. The van der Waals surface area contributed by atoms with Gasteiger partial charge >= 0.3 is 0 Å². The zero-order valence-electron chi connectivity index (χ0n) is 9.29. The standard InChI is InChI=1S/C13H15NO/c1-5-11(4)14-13(15)12-9(2)7-6-8-10(12)3/h1,6-8,11H,2-4H3,(H,14,15). The lowest BCUT2D eigenvalue weighted by molar-refractivity contribution is 0.0947. The smallest absolute Gasteiger partial charge is 0.252 e. The molecule has 1 unspecified atom stereocenters. The Morgan fingerprint density at radius 3 is 2.40 bits per heavy atom. The number of hydrogen-bond acceptors (Lipinski definition) is 1. The van der Waals surface area contributed by atoms with Gasteiger partial charge in [-0.25, -0.2) is 0 Å². The highest BCUT2D eigenvalue weighted by Crippen LogP contribution is 2.12. The Labute approximate surface area is 90.7 Å². The minimum Gasteiger partial charge on any atom is -0.339 e. The predicted molar refractivity (Wildman–Crippen MR) is 61.7 cm³/mol. The van der Waals surface area contributed by atoms with Crippen LogP contribution in [-0.2, 0) is 0 Å². The average Bonchev–Trinajstić information content (AvgIpc) is 2.17. The Bertz CT molecular complexity index is 395. The number of rotatable bonds is 2. The second-order valence-corrected chi connectivity index (χ2v) is 3.63. The van der Waals surface area contributed by atoms with Crippen LogP contribution in [0.4, 0.5) is 0 Å². The molecule has 0 radical (unpaired) electrons. The molecule has 0 aliphatic rings. The lowest BCUT2D eigenvalue weighted by Gasteiger charge is -2.11. The number of carbonyl (C=O) groups excluding carboxylic acids is 1. The summed E-state index contributed by atoms with van der Waals surface area (Å²) >= 11 is 0. The van der Waals surface area contributed by atoms with Crippen LogP contribution < -0.4 is 5.32 Å². The third-order valence-corrected chi connectivity index (χ3v) is 2.31. The normalized spacial score (nSPS) is 11.6. The predicted octanol–water partition coefficient (Wildman–Crippen LogP) is 2.05. The van der Waals surface area contributed by atoms with Gasteiger partial charge in [-0.15, -0.1) is 6.42 Å². The molecule has 0 aliphatic heterocycles. The zero-order valence-corrected chi connectivity index (χ0v) is 9.29. The van der Waals surface area contributed by atoms with Crippen LogP contribution in [0.25, 0.3) is 0 Å². The number of carbonyl (C=O) groups is 1. The molecular weight excluding hydrogens is 186 g/mol. The molecule has 2 nitrogen and oxygen atoms in total. The molecule has 0 fully saturated rings. The monoisotopic (exact) mass is 201 g/mol. The second kappa shape index (κ2) is 4.65. The van der Waals surface area contributed by atoms with Gasteiger partial charge in [0.25, 0.3) is 5.91 Å². The number of hydrogen-bond donors (Lipinski definition) is 1. The lowest BCUT2D eigenvalue weighted by atomic mass is 10.0. The van der Waals surface area contributed by atoms with Crippen LogP contribution in [0.1, 0.15) is 28.4 Å². The molecule has 2 heteroatoms. The Balaban J connectivity index is 2.97. The molecule has 78 valence electrons. The summed E-state index contributed by atoms with van der Waals surface area (Å²) < 4.78 is 0. The molecule has 0 saturated carbocycles. The van der Waals surface area contributed by atoms with E-state index in [1.54, 1.807) is 6.92 Å². The number of nitrogens with one attached hydrogen (secondary N) is 1. The van der Waals surface area contributed by atoms with E-state index in [1.165, 1.54) is 0 Å². The summed E-state index contributed by atoms with van der Waals surface area (Å²) in [6, 6.07) is 5.54. The summed E-state index contributed by atoms with van der Waals surface area (Å²) in [4.78, 5) is 11.8. The number of benzene rings is 1. The van der Waals surface area contributed by atoms with Gasteiger partial charge in [0.2, 0.25) is 0 Å². The Morgan fingerprint density at radius 2 is 1.93 bits per heavy atom. The minimum atomic E-state index is -0.239. The summed E-state index contributed by atoms with van der Waals surface area (Å²) in [7, 11) is 0. The number of amides is 1. The van der Waals surface area contributed by atoms with E-state index in [4.69, 9.17) is 6.42 Å². The average molecular weight is 201 g/mol. The van der Waals surface area contributed by atoms with Crippen LogP contribution >= 0.6 is 0 Å². The largest absolute Gasteiger partial charge is 0.339 e. The fourth-order valence-electron chi connectivity index (χ4n) is 1.48. The van der Waals surface area contributed by atoms with Gasteiger partial charge in [-0.3, -0.25) is 4.79 Å². The van der Waals surface area contributed by atoms with Gasteiger partial charge in [-0.1, -0.05) is 24.1 Å². The van der Waals surface area contributed by atoms with Crippen molar-refractivity contribution in [3.63, 3.8) is 0 Å². The zero-order chi connectivity index (χ0) is 11.4. The highest BCUT2D eigenvalue weighted by molar-refractivity contribution is 5.97. The summed E-state index contributed by atoms with van der Waals surface area (Å²) in [6.07, 6.45) is 5.21. The molecule has 1 amide bonds. The highest BCUT2D eigenvalue weighted by atomic mass is 16.1. The van der Waals surface area contributed by atoms with Crippen LogP contribution in [0.15, 0.2) is 18.2 Å². The Kier molecular flexibility index (Phi) is 3.51. The fourth-order valence-corrected chi connectivity index (χ4v) is 1.48. The first-order valence-electron chi connectivity index (χ1n) is 4.89. The van der Waals surface area contributed by atoms with Crippen molar-refractivity contribution >= 4 is 5.91 Å². The van der Waals surface area contributed by atoms with Gasteiger partial charge in [0.15, 0.2) is 0 Å². The minimum absolute atomic E-state index is 0.101. The molecule has 1 rings (SSSR count). The third-order valence-electron chi connectivity index (χ3n) is 2.31. The third kappa shape index (κ3) is 2.60. The van der Waals surface area contributed by atoms with Crippen molar-refractivity contribution in [3.05, 3.63) is 34.9 Å². The van der Waals surface area contributed by atoms with E-state index in [0.717, 1.165) is 16.7 Å². The molecule has 0 bridgehead atoms. The summed E-state index contributed by atoms with van der Waals surface area (Å²) in [6.45, 7) is 5.62. The van der Waals surface area contributed by atoms with Gasteiger partial charge in [0.05, 0.1) is 6.04 Å². The second-order valence-electron chi connectivity index (χ2n) is 3.63. The van der Waals surface area contributed by atoms with Gasteiger partial charge in [0.1, 0.15) is 0 Å². The van der Waals surface area contributed by atoms with Gasteiger partial charge in [-0.05, 0) is 31.9 Å². The summed E-state index contributed by atoms with van der Waals surface area (Å²) in [5.41, 5.74) is 2.66. The molecule has 1 aromatic carbocycles. The van der Waals surface area contributed by atoms with E-state index in [2.05, 4.69) is 11.2 Å². The quantitative estimate of drug-likeness (QED) is 0.729. The molecule has 0 heterocycles. The van der Waals surface area contributed by atoms with Crippen LogP contribution in [0.2, 0.25) is 0 Å². The fraction of sp³-hybridized carbons (Fsp3) is 0.308. The molecule has 0 aromatic heterocycles. The molecule has 0 spiro atoms. The number of terminal acetylenes is 1. The van der Waals surface area contributed by atoms with E-state index in [-0.39, 0.29) is 11.9 Å². The van der Waals surface area contributed by atoms with Crippen LogP contribution in [-0.4, -0.2) is 11.9 Å². The first-order chi connectivity index (χ1) is 7.06. The topological polar surface area (TPSA) is 29.1 Å². The molecule has 15 heavy (non-hydrogen) atoms. The summed E-state index contributed by atoms with van der Waals surface area (Å²) in [5.74, 6) is 2.37. The molecule has 0 aliphatic carbocycles. The molecule has 1 aromatic rings. The van der Waals surface area contributed by atoms with E-state index >= 15 is 0 Å². The Hall–Kier alpha value is -1.75. The van der Waals surface area contributed by atoms with Crippen molar-refractivity contribution < 1.29 is 4.79 Å². The maximum Gasteiger partial charge on any atom is 0.252 e. The SMILES string of the molecule is C#CC(C)NC(=O)c1c(C)cccc1C. The lowest BCUT2D eigenvalue weighted by Crippen LogP contribution is -2.32. The Morgan fingerprint density at radius 1 is 1.40 bits per heavy atom. The highest BCUT2D eigenvalue weighted by Gasteiger charge is 2.12. The van der Waals surface area contributed by atoms with Gasteiger partial charge in [-0.2, -0.15) is 0 Å². The van der Waals surface area contributed by atoms with E-state index in [1.807, 2.05) is 32.0 Å². The molecule has 1 atom stereocenters. The summed E-state index contributed by atoms with van der Waals surface area (Å²) in [5, 5.41) is 2.75. The van der Waals surface area contributed by atoms with Crippen molar-refractivity contribution in [2.24, 2.45) is 0 Å². The van der Waals surface area contributed by atoms with Crippen LogP contribution in [0.5, 0.6) is 0 Å². The maximum atomic E-state index is 11.8. The van der Waals surface area contributed by atoms with E-state index < -0.39 is 0 Å². The van der Waals surface area contributed by atoms with Crippen molar-refractivity contribution in [1.29, 1.82) is 0 Å². The van der Waals surface area contributed by atoms with Gasteiger partial charge in [0, 0.05) is 5.56 Å². The molecular formula is C13H15NO. The van der Waals surface area contributed by atoms with Crippen molar-refractivity contribution in [1.82, 2.24) is 5.32 Å². The first kappa shape index (κ1) is 11.3. The van der Waals surface area contributed by atoms with Crippen molar-refractivity contribution in [2.45, 2.75) is 26.8 Å². The van der Waals surface area contributed by atoms with Crippen LogP contribution in [0.3, 0.4) is 0 Å². The number of aryl methyl sites for hydroxylation is 2. The van der Waals surface area contributed by atoms with Crippen molar-refractivity contribution in [2.75, 3.05) is 0 Å². The maximum absolute atomic E-state index is 11.8. The molecule has 1 N–H and O–H groups in total.